The first-order valence-corrected chi connectivity index (χ1v) is 4.82. The van der Waals surface area contributed by atoms with E-state index < -0.39 is 4.92 Å². The van der Waals surface area contributed by atoms with E-state index in [0.29, 0.717) is 15.9 Å². The van der Waals surface area contributed by atoms with Gasteiger partial charge in [-0.05, 0) is 22.0 Å². The lowest BCUT2D eigenvalue weighted by Gasteiger charge is -1.98. The Balaban J connectivity index is 2.63. The molecule has 2 aromatic rings. The summed E-state index contributed by atoms with van der Waals surface area (Å²) >= 11 is 3.16. The normalized spacial score (nSPS) is 10.2. The molecule has 0 N–H and O–H groups in total. The monoisotopic (exact) mass is 268 g/mol. The Morgan fingerprint density at radius 1 is 1.40 bits per heavy atom. The van der Waals surface area contributed by atoms with Gasteiger partial charge >= 0.3 is 0 Å². The van der Waals surface area contributed by atoms with Crippen molar-refractivity contribution in [2.24, 2.45) is 0 Å². The SMILES string of the molecule is O=[N+]([O-])c1ccccc1-c1ocnc1Br. The van der Waals surface area contributed by atoms with E-state index in [-0.39, 0.29) is 5.69 Å². The highest BCUT2D eigenvalue weighted by Gasteiger charge is 2.19. The van der Waals surface area contributed by atoms with Gasteiger partial charge in [0.25, 0.3) is 5.69 Å². The Labute approximate surface area is 93.0 Å². The lowest BCUT2D eigenvalue weighted by Crippen LogP contribution is -1.90. The third-order valence-corrected chi connectivity index (χ3v) is 2.43. The molecule has 1 heterocycles. The molecule has 0 aliphatic rings. The van der Waals surface area contributed by atoms with Crippen molar-refractivity contribution in [3.8, 4) is 11.3 Å². The van der Waals surface area contributed by atoms with Crippen LogP contribution in [0.15, 0.2) is 39.7 Å². The second kappa shape index (κ2) is 3.82. The van der Waals surface area contributed by atoms with Gasteiger partial charge in [-0.3, -0.25) is 10.1 Å². The number of hydrogen-bond donors (Lipinski definition) is 0. The molecule has 0 spiro atoms. The lowest BCUT2D eigenvalue weighted by atomic mass is 10.1. The highest BCUT2D eigenvalue weighted by Crippen LogP contribution is 2.33. The summed E-state index contributed by atoms with van der Waals surface area (Å²) in [6.07, 6.45) is 1.23. The molecular formula is C9H5BrN2O3. The molecule has 76 valence electrons. The van der Waals surface area contributed by atoms with Crippen molar-refractivity contribution in [3.05, 3.63) is 45.4 Å². The highest BCUT2D eigenvalue weighted by atomic mass is 79.9. The second-order valence-corrected chi connectivity index (χ2v) is 3.50. The molecule has 0 unspecified atom stereocenters. The van der Waals surface area contributed by atoms with Crippen molar-refractivity contribution in [1.29, 1.82) is 0 Å². The van der Waals surface area contributed by atoms with Crippen LogP contribution in [0.1, 0.15) is 0 Å². The van der Waals surface area contributed by atoms with E-state index in [4.69, 9.17) is 4.42 Å². The Kier molecular flexibility index (Phi) is 2.51. The first-order valence-electron chi connectivity index (χ1n) is 4.03. The first-order chi connectivity index (χ1) is 7.20. The molecule has 5 nitrogen and oxygen atoms in total. The van der Waals surface area contributed by atoms with Gasteiger partial charge in [0, 0.05) is 6.07 Å². The zero-order valence-electron chi connectivity index (χ0n) is 7.38. The number of hydrogen-bond acceptors (Lipinski definition) is 4. The van der Waals surface area contributed by atoms with Crippen LogP contribution in [-0.4, -0.2) is 9.91 Å². The molecule has 0 amide bonds. The summed E-state index contributed by atoms with van der Waals surface area (Å²) < 4.78 is 5.53. The molecule has 0 aliphatic heterocycles. The van der Waals surface area contributed by atoms with Gasteiger partial charge in [0.15, 0.2) is 16.8 Å². The topological polar surface area (TPSA) is 69.2 Å². The van der Waals surface area contributed by atoms with Crippen LogP contribution in [0.25, 0.3) is 11.3 Å². The van der Waals surface area contributed by atoms with Gasteiger partial charge in [-0.2, -0.15) is 0 Å². The molecule has 15 heavy (non-hydrogen) atoms. The van der Waals surface area contributed by atoms with Gasteiger partial charge < -0.3 is 4.42 Å². The van der Waals surface area contributed by atoms with Crippen LogP contribution in [0.2, 0.25) is 0 Å². The van der Waals surface area contributed by atoms with Crippen LogP contribution in [0.4, 0.5) is 5.69 Å². The number of oxazole rings is 1. The van der Waals surface area contributed by atoms with E-state index in [9.17, 15) is 10.1 Å². The molecule has 0 radical (unpaired) electrons. The number of nitro benzene ring substituents is 1. The Morgan fingerprint density at radius 3 is 2.73 bits per heavy atom. The molecule has 6 heteroatoms. The lowest BCUT2D eigenvalue weighted by molar-refractivity contribution is -0.384. The Morgan fingerprint density at radius 2 is 2.13 bits per heavy atom. The van der Waals surface area contributed by atoms with E-state index in [2.05, 4.69) is 20.9 Å². The summed E-state index contributed by atoms with van der Waals surface area (Å²) in [5, 5.41) is 10.8. The number of nitrogens with zero attached hydrogens (tertiary/aromatic N) is 2. The van der Waals surface area contributed by atoms with Crippen LogP contribution in [0.5, 0.6) is 0 Å². The molecule has 1 aromatic carbocycles. The summed E-state index contributed by atoms with van der Waals surface area (Å²) in [7, 11) is 0. The minimum absolute atomic E-state index is 0.00468. The fraction of sp³-hybridized carbons (Fsp3) is 0. The number of aromatic nitrogens is 1. The zero-order valence-corrected chi connectivity index (χ0v) is 8.97. The number of nitro groups is 1. The number of halogens is 1. The van der Waals surface area contributed by atoms with Gasteiger partial charge in [0.1, 0.15) is 0 Å². The summed E-state index contributed by atoms with van der Waals surface area (Å²) in [5.41, 5.74) is 0.404. The standard InChI is InChI=1S/C9H5BrN2O3/c10-9-8(15-5-11-9)6-3-1-2-4-7(6)12(13)14/h1-5H. The minimum atomic E-state index is -0.454. The summed E-state index contributed by atoms with van der Waals surface area (Å²) in [6.45, 7) is 0. The third-order valence-electron chi connectivity index (χ3n) is 1.87. The van der Waals surface area contributed by atoms with Crippen LogP contribution >= 0.6 is 15.9 Å². The van der Waals surface area contributed by atoms with Crippen molar-refractivity contribution in [1.82, 2.24) is 4.98 Å². The van der Waals surface area contributed by atoms with Crippen molar-refractivity contribution in [2.75, 3.05) is 0 Å². The van der Waals surface area contributed by atoms with Gasteiger partial charge in [-0.1, -0.05) is 12.1 Å². The van der Waals surface area contributed by atoms with E-state index in [1.54, 1.807) is 18.2 Å². The van der Waals surface area contributed by atoms with E-state index in [1.165, 1.54) is 12.5 Å². The third kappa shape index (κ3) is 1.75. The fourth-order valence-electron chi connectivity index (χ4n) is 1.23. The molecule has 1 aromatic heterocycles. The second-order valence-electron chi connectivity index (χ2n) is 2.75. The highest BCUT2D eigenvalue weighted by molar-refractivity contribution is 9.10. The van der Waals surface area contributed by atoms with Crippen LogP contribution < -0.4 is 0 Å². The molecule has 0 aliphatic carbocycles. The minimum Gasteiger partial charge on any atom is -0.442 e. The smallest absolute Gasteiger partial charge is 0.280 e. The van der Waals surface area contributed by atoms with Gasteiger partial charge in [0.05, 0.1) is 10.5 Å². The molecule has 0 saturated carbocycles. The van der Waals surface area contributed by atoms with Gasteiger partial charge in [-0.15, -0.1) is 0 Å². The Bertz CT molecular complexity index is 510. The summed E-state index contributed by atoms with van der Waals surface area (Å²) in [6, 6.07) is 6.34. The van der Waals surface area contributed by atoms with Gasteiger partial charge in [-0.25, -0.2) is 4.98 Å². The summed E-state index contributed by atoms with van der Waals surface area (Å²) in [5.74, 6) is 0.363. The quantitative estimate of drug-likeness (QED) is 0.620. The number of para-hydroxylation sites is 1. The zero-order chi connectivity index (χ0) is 10.8. The largest absolute Gasteiger partial charge is 0.442 e. The van der Waals surface area contributed by atoms with E-state index in [0.717, 1.165) is 0 Å². The Hall–Kier alpha value is -1.69. The molecular weight excluding hydrogens is 264 g/mol. The average molecular weight is 269 g/mol. The van der Waals surface area contributed by atoms with Crippen molar-refractivity contribution >= 4 is 21.6 Å². The van der Waals surface area contributed by atoms with Crippen molar-refractivity contribution in [2.45, 2.75) is 0 Å². The molecule has 0 fully saturated rings. The molecule has 0 atom stereocenters. The average Bonchev–Trinajstić information content (AvgIpc) is 2.64. The first kappa shape index (κ1) is 9.85. The van der Waals surface area contributed by atoms with Crippen LogP contribution in [0.3, 0.4) is 0 Å². The van der Waals surface area contributed by atoms with Crippen molar-refractivity contribution < 1.29 is 9.34 Å². The maximum absolute atomic E-state index is 10.8. The van der Waals surface area contributed by atoms with Crippen LogP contribution in [-0.2, 0) is 0 Å². The predicted molar refractivity (Wildman–Crippen MR) is 56.3 cm³/mol. The maximum atomic E-state index is 10.8. The number of rotatable bonds is 2. The van der Waals surface area contributed by atoms with E-state index in [1.807, 2.05) is 0 Å². The van der Waals surface area contributed by atoms with Crippen LogP contribution in [0, 0.1) is 10.1 Å². The summed E-state index contributed by atoms with van der Waals surface area (Å²) in [4.78, 5) is 14.1. The fourth-order valence-corrected chi connectivity index (χ4v) is 1.62. The van der Waals surface area contributed by atoms with Gasteiger partial charge in [0.2, 0.25) is 0 Å². The predicted octanol–water partition coefficient (Wildman–Crippen LogP) is 3.01. The molecule has 0 bridgehead atoms. The van der Waals surface area contributed by atoms with Crippen molar-refractivity contribution in [3.63, 3.8) is 0 Å². The number of benzene rings is 1. The molecule has 2 rings (SSSR count). The van der Waals surface area contributed by atoms with E-state index >= 15 is 0 Å². The molecule has 0 saturated heterocycles. The maximum Gasteiger partial charge on any atom is 0.280 e.